The molecule has 2 aromatic carbocycles. The number of nitrogens with one attached hydrogen (secondary N) is 2. The van der Waals surface area contributed by atoms with Gasteiger partial charge < -0.3 is 5.32 Å². The molecule has 3 aromatic rings. The number of aryl methyl sites for hydroxylation is 1. The molecule has 1 heterocycles. The Balaban J connectivity index is 0.00000261. The van der Waals surface area contributed by atoms with Crippen LogP contribution in [0.3, 0.4) is 0 Å². The van der Waals surface area contributed by atoms with Crippen molar-refractivity contribution < 1.29 is 13.2 Å². The number of rotatable bonds is 5. The Bertz CT molecular complexity index is 1050. The Labute approximate surface area is 168 Å². The highest BCUT2D eigenvalue weighted by atomic mass is 35.5. The van der Waals surface area contributed by atoms with E-state index in [0.717, 1.165) is 11.1 Å². The number of thiazole rings is 1. The molecule has 1 amide bonds. The minimum atomic E-state index is -3.67. The quantitative estimate of drug-likeness (QED) is 0.640. The first-order chi connectivity index (χ1) is 12.3. The molecule has 0 radical (unpaired) electrons. The summed E-state index contributed by atoms with van der Waals surface area (Å²) < 4.78 is 27.4. The number of hydrogen-bond donors (Lipinski definition) is 2. The van der Waals surface area contributed by atoms with Crippen LogP contribution in [0.4, 0.5) is 10.8 Å². The lowest BCUT2D eigenvalue weighted by Gasteiger charge is -2.06. The first kappa shape index (κ1) is 20.9. The molecular weight excluding hydrogens is 406 g/mol. The largest absolute Gasteiger partial charge is 0.326 e. The van der Waals surface area contributed by atoms with Crippen LogP contribution in [0.2, 0.25) is 0 Å². The van der Waals surface area contributed by atoms with Crippen molar-refractivity contribution in [3.8, 4) is 11.3 Å². The number of carbonyl (C=O) groups is 1. The van der Waals surface area contributed by atoms with Crippen LogP contribution in [-0.2, 0) is 14.8 Å². The zero-order valence-corrected chi connectivity index (χ0v) is 17.0. The summed E-state index contributed by atoms with van der Waals surface area (Å²) in [5.41, 5.74) is 3.05. The maximum Gasteiger partial charge on any atom is 0.263 e. The van der Waals surface area contributed by atoms with Gasteiger partial charge in [0, 0.05) is 23.6 Å². The predicted octanol–water partition coefficient (Wildman–Crippen LogP) is 4.30. The standard InChI is InChI=1S/C18H17N3O3S2.ClH/c1-12-4-3-5-16(10-12)26(23,24)21-18-20-17(11-25-18)14-6-8-15(9-7-14)19-13(2)22;/h3-11H,1-2H3,(H,19,22)(H,20,21);1H. The molecule has 0 aliphatic heterocycles. The molecule has 0 atom stereocenters. The molecule has 0 unspecified atom stereocenters. The molecule has 142 valence electrons. The second kappa shape index (κ2) is 8.51. The third-order valence-corrected chi connectivity index (χ3v) is 5.75. The number of anilines is 2. The minimum absolute atomic E-state index is 0. The van der Waals surface area contributed by atoms with Crippen molar-refractivity contribution in [2.45, 2.75) is 18.7 Å². The van der Waals surface area contributed by atoms with E-state index in [-0.39, 0.29) is 23.2 Å². The number of carbonyl (C=O) groups excluding carboxylic acids is 1. The smallest absolute Gasteiger partial charge is 0.263 e. The van der Waals surface area contributed by atoms with E-state index in [9.17, 15) is 13.2 Å². The summed E-state index contributed by atoms with van der Waals surface area (Å²) >= 11 is 1.21. The summed E-state index contributed by atoms with van der Waals surface area (Å²) in [5, 5.41) is 4.77. The molecule has 0 spiro atoms. The van der Waals surface area contributed by atoms with Gasteiger partial charge in [-0.1, -0.05) is 24.3 Å². The molecule has 3 rings (SSSR count). The van der Waals surface area contributed by atoms with Gasteiger partial charge >= 0.3 is 0 Å². The molecular formula is C18H18ClN3O3S2. The van der Waals surface area contributed by atoms with E-state index in [0.29, 0.717) is 16.5 Å². The number of halogens is 1. The van der Waals surface area contributed by atoms with E-state index in [1.54, 1.807) is 35.7 Å². The first-order valence-corrected chi connectivity index (χ1v) is 10.1. The van der Waals surface area contributed by atoms with E-state index in [1.807, 2.05) is 25.1 Å². The van der Waals surface area contributed by atoms with Gasteiger partial charge in [-0.3, -0.25) is 9.52 Å². The zero-order valence-electron chi connectivity index (χ0n) is 14.6. The van der Waals surface area contributed by atoms with Crippen molar-refractivity contribution >= 4 is 50.5 Å². The van der Waals surface area contributed by atoms with Crippen molar-refractivity contribution in [2.75, 3.05) is 10.0 Å². The molecule has 1 aromatic heterocycles. The second-order valence-electron chi connectivity index (χ2n) is 5.72. The van der Waals surface area contributed by atoms with E-state index < -0.39 is 10.0 Å². The molecule has 0 aliphatic rings. The highest BCUT2D eigenvalue weighted by molar-refractivity contribution is 7.93. The number of benzene rings is 2. The Hall–Kier alpha value is -2.42. The number of aromatic nitrogens is 1. The van der Waals surface area contributed by atoms with Gasteiger partial charge in [-0.25, -0.2) is 13.4 Å². The van der Waals surface area contributed by atoms with E-state index in [4.69, 9.17) is 0 Å². The van der Waals surface area contributed by atoms with Crippen LogP contribution in [0.25, 0.3) is 11.3 Å². The van der Waals surface area contributed by atoms with Crippen LogP contribution in [-0.4, -0.2) is 19.3 Å². The summed E-state index contributed by atoms with van der Waals surface area (Å²) in [6.07, 6.45) is 0. The summed E-state index contributed by atoms with van der Waals surface area (Å²) in [6.45, 7) is 3.28. The summed E-state index contributed by atoms with van der Waals surface area (Å²) in [6, 6.07) is 13.9. The Morgan fingerprint density at radius 2 is 1.81 bits per heavy atom. The monoisotopic (exact) mass is 423 g/mol. The van der Waals surface area contributed by atoms with Gasteiger partial charge in [-0.2, -0.15) is 0 Å². The fourth-order valence-corrected chi connectivity index (χ4v) is 4.41. The van der Waals surface area contributed by atoms with Gasteiger partial charge in [0.25, 0.3) is 10.0 Å². The van der Waals surface area contributed by atoms with Crippen molar-refractivity contribution in [3.05, 3.63) is 59.5 Å². The minimum Gasteiger partial charge on any atom is -0.326 e. The topological polar surface area (TPSA) is 88.2 Å². The van der Waals surface area contributed by atoms with Crippen molar-refractivity contribution in [1.82, 2.24) is 4.98 Å². The van der Waals surface area contributed by atoms with Crippen LogP contribution in [0, 0.1) is 6.92 Å². The molecule has 0 saturated heterocycles. The van der Waals surface area contributed by atoms with E-state index in [1.165, 1.54) is 18.3 Å². The number of hydrogen-bond acceptors (Lipinski definition) is 5. The molecule has 6 nitrogen and oxygen atoms in total. The van der Waals surface area contributed by atoms with Gasteiger partial charge in [0.05, 0.1) is 10.6 Å². The maximum atomic E-state index is 12.5. The highest BCUT2D eigenvalue weighted by Crippen LogP contribution is 2.27. The number of nitrogens with zero attached hydrogens (tertiary/aromatic N) is 1. The second-order valence-corrected chi connectivity index (χ2v) is 8.26. The van der Waals surface area contributed by atoms with Crippen LogP contribution in [0.15, 0.2) is 58.8 Å². The van der Waals surface area contributed by atoms with Crippen LogP contribution in [0.5, 0.6) is 0 Å². The number of sulfonamides is 1. The fourth-order valence-electron chi connectivity index (χ4n) is 2.34. The molecule has 0 saturated carbocycles. The highest BCUT2D eigenvalue weighted by Gasteiger charge is 2.16. The van der Waals surface area contributed by atoms with Crippen LogP contribution >= 0.6 is 23.7 Å². The number of amides is 1. The van der Waals surface area contributed by atoms with Gasteiger partial charge in [0.2, 0.25) is 5.91 Å². The SMILES string of the molecule is CC(=O)Nc1ccc(-c2csc(NS(=O)(=O)c3cccc(C)c3)n2)cc1.Cl. The lowest BCUT2D eigenvalue weighted by molar-refractivity contribution is -0.114. The first-order valence-electron chi connectivity index (χ1n) is 7.76. The summed E-state index contributed by atoms with van der Waals surface area (Å²) in [4.78, 5) is 15.6. The lowest BCUT2D eigenvalue weighted by atomic mass is 10.1. The Kier molecular flexibility index (Phi) is 6.59. The summed E-state index contributed by atoms with van der Waals surface area (Å²) in [5.74, 6) is -0.140. The maximum absolute atomic E-state index is 12.5. The van der Waals surface area contributed by atoms with Crippen molar-refractivity contribution in [2.24, 2.45) is 0 Å². The van der Waals surface area contributed by atoms with Gasteiger partial charge in [-0.05, 0) is 36.8 Å². The Morgan fingerprint density at radius 1 is 1.11 bits per heavy atom. The van der Waals surface area contributed by atoms with E-state index >= 15 is 0 Å². The van der Waals surface area contributed by atoms with Gasteiger partial charge in [-0.15, -0.1) is 23.7 Å². The fraction of sp³-hybridized carbons (Fsp3) is 0.111. The van der Waals surface area contributed by atoms with Crippen LogP contribution < -0.4 is 10.0 Å². The van der Waals surface area contributed by atoms with E-state index in [2.05, 4.69) is 15.0 Å². The van der Waals surface area contributed by atoms with Gasteiger partial charge in [0.15, 0.2) is 5.13 Å². The average Bonchev–Trinajstić information content (AvgIpc) is 3.03. The molecule has 0 bridgehead atoms. The average molecular weight is 424 g/mol. The molecule has 0 fully saturated rings. The molecule has 2 N–H and O–H groups in total. The zero-order chi connectivity index (χ0) is 18.7. The van der Waals surface area contributed by atoms with Crippen molar-refractivity contribution in [1.29, 1.82) is 0 Å². The molecule has 0 aliphatic carbocycles. The predicted molar refractivity (Wildman–Crippen MR) is 111 cm³/mol. The molecule has 27 heavy (non-hydrogen) atoms. The summed E-state index contributed by atoms with van der Waals surface area (Å²) in [7, 11) is -3.67. The van der Waals surface area contributed by atoms with Gasteiger partial charge in [0.1, 0.15) is 0 Å². The molecule has 9 heteroatoms. The van der Waals surface area contributed by atoms with Crippen molar-refractivity contribution in [3.63, 3.8) is 0 Å². The Morgan fingerprint density at radius 3 is 2.44 bits per heavy atom. The third kappa shape index (κ3) is 5.29. The third-order valence-electron chi connectivity index (χ3n) is 3.53. The lowest BCUT2D eigenvalue weighted by Crippen LogP contribution is -2.12. The van der Waals surface area contributed by atoms with Crippen LogP contribution in [0.1, 0.15) is 12.5 Å². The normalized spacial score (nSPS) is 10.7.